The highest BCUT2D eigenvalue weighted by Crippen LogP contribution is 2.30. The lowest BCUT2D eigenvalue weighted by Crippen LogP contribution is -2.14. The minimum atomic E-state index is -3.86. The lowest BCUT2D eigenvalue weighted by Gasteiger charge is -2.13. The van der Waals surface area contributed by atoms with E-state index in [1.54, 1.807) is 25.1 Å². The molecular formula is C16H16N2O4S. The molecule has 2 aromatic rings. The number of aryl methyl sites for hydroxylation is 1. The Labute approximate surface area is 135 Å². The van der Waals surface area contributed by atoms with Crippen LogP contribution >= 0.6 is 0 Å². The first-order chi connectivity index (χ1) is 10.9. The molecule has 0 radical (unpaired) electrons. The Kier molecular flexibility index (Phi) is 4.77. The zero-order chi connectivity index (χ0) is 17.0. The Morgan fingerprint density at radius 2 is 1.78 bits per heavy atom. The van der Waals surface area contributed by atoms with E-state index in [2.05, 4.69) is 4.72 Å². The number of nitrogens with zero attached hydrogens (tertiary/aromatic N) is 1. The SMILES string of the molecule is COc1ccc(S(=O)(=O)Nc2cccc(C)c2C#N)cc1OC. The van der Waals surface area contributed by atoms with E-state index in [0.29, 0.717) is 17.1 Å². The molecule has 0 aliphatic heterocycles. The lowest BCUT2D eigenvalue weighted by molar-refractivity contribution is 0.354. The van der Waals surface area contributed by atoms with E-state index in [9.17, 15) is 13.7 Å². The molecule has 0 aliphatic carbocycles. The summed E-state index contributed by atoms with van der Waals surface area (Å²) in [5.74, 6) is 0.736. The molecule has 120 valence electrons. The first-order valence-electron chi connectivity index (χ1n) is 6.67. The molecule has 0 unspecified atom stereocenters. The van der Waals surface area contributed by atoms with Crippen LogP contribution in [-0.2, 0) is 10.0 Å². The Balaban J connectivity index is 2.45. The van der Waals surface area contributed by atoms with Gasteiger partial charge in [0, 0.05) is 6.07 Å². The van der Waals surface area contributed by atoms with Crippen molar-refractivity contribution in [2.45, 2.75) is 11.8 Å². The zero-order valence-electron chi connectivity index (χ0n) is 13.0. The van der Waals surface area contributed by atoms with E-state index in [-0.39, 0.29) is 16.1 Å². The monoisotopic (exact) mass is 332 g/mol. The third-order valence-electron chi connectivity index (χ3n) is 3.29. The van der Waals surface area contributed by atoms with Gasteiger partial charge in [-0.05, 0) is 30.7 Å². The number of nitriles is 1. The number of hydrogen-bond acceptors (Lipinski definition) is 5. The average molecular weight is 332 g/mol. The molecule has 0 aromatic heterocycles. The zero-order valence-corrected chi connectivity index (χ0v) is 13.8. The van der Waals surface area contributed by atoms with Gasteiger partial charge in [0.2, 0.25) is 0 Å². The Morgan fingerprint density at radius 3 is 2.39 bits per heavy atom. The summed E-state index contributed by atoms with van der Waals surface area (Å²) in [5.41, 5.74) is 1.22. The average Bonchev–Trinajstić information content (AvgIpc) is 2.54. The predicted octanol–water partition coefficient (Wildman–Crippen LogP) is 2.68. The number of rotatable bonds is 5. The minimum absolute atomic E-state index is 0.0144. The molecule has 23 heavy (non-hydrogen) atoms. The number of anilines is 1. The van der Waals surface area contributed by atoms with Crippen molar-refractivity contribution in [3.05, 3.63) is 47.5 Å². The summed E-state index contributed by atoms with van der Waals surface area (Å²) in [6, 6.07) is 11.3. The maximum atomic E-state index is 12.5. The highest BCUT2D eigenvalue weighted by molar-refractivity contribution is 7.92. The molecule has 0 spiro atoms. The first-order valence-corrected chi connectivity index (χ1v) is 8.16. The van der Waals surface area contributed by atoms with Gasteiger partial charge in [-0.3, -0.25) is 4.72 Å². The molecular weight excluding hydrogens is 316 g/mol. The van der Waals surface area contributed by atoms with Crippen molar-refractivity contribution >= 4 is 15.7 Å². The van der Waals surface area contributed by atoms with E-state index < -0.39 is 10.0 Å². The summed E-state index contributed by atoms with van der Waals surface area (Å²) in [6.45, 7) is 1.74. The van der Waals surface area contributed by atoms with Crippen LogP contribution in [0, 0.1) is 18.3 Å². The lowest BCUT2D eigenvalue weighted by atomic mass is 10.1. The number of benzene rings is 2. The number of hydrogen-bond donors (Lipinski definition) is 1. The van der Waals surface area contributed by atoms with Gasteiger partial charge >= 0.3 is 0 Å². The smallest absolute Gasteiger partial charge is 0.262 e. The van der Waals surface area contributed by atoms with Crippen LogP contribution in [0.4, 0.5) is 5.69 Å². The molecule has 6 nitrogen and oxygen atoms in total. The maximum absolute atomic E-state index is 12.5. The van der Waals surface area contributed by atoms with Gasteiger partial charge < -0.3 is 9.47 Å². The van der Waals surface area contributed by atoms with Gasteiger partial charge in [-0.1, -0.05) is 12.1 Å². The maximum Gasteiger partial charge on any atom is 0.262 e. The normalized spacial score (nSPS) is 10.7. The molecule has 0 saturated carbocycles. The van der Waals surface area contributed by atoms with Gasteiger partial charge in [-0.25, -0.2) is 8.42 Å². The molecule has 1 N–H and O–H groups in total. The van der Waals surface area contributed by atoms with Crippen LogP contribution in [0.2, 0.25) is 0 Å². The van der Waals surface area contributed by atoms with Crippen molar-refractivity contribution in [1.82, 2.24) is 0 Å². The third kappa shape index (κ3) is 3.38. The molecule has 0 aliphatic rings. The molecule has 0 atom stereocenters. The third-order valence-corrected chi connectivity index (χ3v) is 4.66. The molecule has 0 heterocycles. The van der Waals surface area contributed by atoms with E-state index in [1.807, 2.05) is 6.07 Å². The van der Waals surface area contributed by atoms with Gasteiger partial charge in [0.25, 0.3) is 10.0 Å². The predicted molar refractivity (Wildman–Crippen MR) is 86.2 cm³/mol. The fourth-order valence-electron chi connectivity index (χ4n) is 2.09. The van der Waals surface area contributed by atoms with Crippen molar-refractivity contribution < 1.29 is 17.9 Å². The van der Waals surface area contributed by atoms with Gasteiger partial charge in [-0.2, -0.15) is 5.26 Å². The second-order valence-corrected chi connectivity index (χ2v) is 6.41. The van der Waals surface area contributed by atoms with Crippen LogP contribution in [0.25, 0.3) is 0 Å². The highest BCUT2D eigenvalue weighted by atomic mass is 32.2. The molecule has 0 fully saturated rings. The highest BCUT2D eigenvalue weighted by Gasteiger charge is 2.19. The molecule has 2 rings (SSSR count). The summed E-state index contributed by atoms with van der Waals surface area (Å²) >= 11 is 0. The van der Waals surface area contributed by atoms with Crippen LogP contribution in [-0.4, -0.2) is 22.6 Å². The second kappa shape index (κ2) is 6.58. The van der Waals surface area contributed by atoms with Crippen molar-refractivity contribution in [3.8, 4) is 17.6 Å². The number of ether oxygens (including phenoxy) is 2. The van der Waals surface area contributed by atoms with Crippen molar-refractivity contribution in [1.29, 1.82) is 5.26 Å². The van der Waals surface area contributed by atoms with Crippen LogP contribution in [0.5, 0.6) is 11.5 Å². The van der Waals surface area contributed by atoms with Crippen LogP contribution < -0.4 is 14.2 Å². The van der Waals surface area contributed by atoms with Gasteiger partial charge in [0.15, 0.2) is 11.5 Å². The van der Waals surface area contributed by atoms with Gasteiger partial charge in [0.05, 0.1) is 30.4 Å². The molecule has 0 bridgehead atoms. The van der Waals surface area contributed by atoms with E-state index >= 15 is 0 Å². The number of methoxy groups -OCH3 is 2. The fourth-order valence-corrected chi connectivity index (χ4v) is 3.18. The number of sulfonamides is 1. The minimum Gasteiger partial charge on any atom is -0.493 e. The summed E-state index contributed by atoms with van der Waals surface area (Å²) in [7, 11) is -0.962. The second-order valence-electron chi connectivity index (χ2n) is 4.73. The van der Waals surface area contributed by atoms with Crippen LogP contribution in [0.15, 0.2) is 41.3 Å². The Bertz CT molecular complexity index is 870. The first kappa shape index (κ1) is 16.6. The summed E-state index contributed by atoms with van der Waals surface area (Å²) in [4.78, 5) is 0.0144. The van der Waals surface area contributed by atoms with Gasteiger partial charge in [-0.15, -0.1) is 0 Å². The van der Waals surface area contributed by atoms with E-state index in [1.165, 1.54) is 32.4 Å². The summed E-state index contributed by atoms with van der Waals surface area (Å²) in [5, 5.41) is 9.20. The standard InChI is InChI=1S/C16H16N2O4S/c1-11-5-4-6-14(13(11)10-17)18-23(19,20)12-7-8-15(21-2)16(9-12)22-3/h4-9,18H,1-3H3. The van der Waals surface area contributed by atoms with E-state index in [4.69, 9.17) is 9.47 Å². The largest absolute Gasteiger partial charge is 0.493 e. The van der Waals surface area contributed by atoms with Crippen molar-refractivity contribution in [2.75, 3.05) is 18.9 Å². The summed E-state index contributed by atoms with van der Waals surface area (Å²) < 4.78 is 37.7. The molecule has 0 amide bonds. The molecule has 0 saturated heterocycles. The van der Waals surface area contributed by atoms with Crippen LogP contribution in [0.3, 0.4) is 0 Å². The Hall–Kier alpha value is -2.72. The van der Waals surface area contributed by atoms with Crippen molar-refractivity contribution in [2.24, 2.45) is 0 Å². The summed E-state index contributed by atoms with van der Waals surface area (Å²) in [6.07, 6.45) is 0. The van der Waals surface area contributed by atoms with Crippen LogP contribution in [0.1, 0.15) is 11.1 Å². The van der Waals surface area contributed by atoms with Crippen molar-refractivity contribution in [3.63, 3.8) is 0 Å². The molecule has 2 aromatic carbocycles. The number of nitrogens with one attached hydrogen (secondary N) is 1. The Morgan fingerprint density at radius 1 is 1.09 bits per heavy atom. The van der Waals surface area contributed by atoms with Gasteiger partial charge in [0.1, 0.15) is 6.07 Å². The fraction of sp³-hybridized carbons (Fsp3) is 0.188. The molecule has 7 heteroatoms. The topological polar surface area (TPSA) is 88.4 Å². The quantitative estimate of drug-likeness (QED) is 0.909. The van der Waals surface area contributed by atoms with E-state index in [0.717, 1.165) is 0 Å².